The number of esters is 2. The maximum Gasteiger partial charge on any atom is 0.491 e. The van der Waals surface area contributed by atoms with Gasteiger partial charge in [-0.25, -0.2) is 9.59 Å². The fourth-order valence-electron chi connectivity index (χ4n) is 0.894. The van der Waals surface area contributed by atoms with Crippen molar-refractivity contribution in [2.45, 2.75) is 18.6 Å². The summed E-state index contributed by atoms with van der Waals surface area (Å²) in [6, 6.07) is 2.30. The average molecular weight is 322 g/mol. The van der Waals surface area contributed by atoms with E-state index < -0.39 is 30.6 Å². The van der Waals surface area contributed by atoms with Crippen molar-refractivity contribution >= 4 is 23.3 Å². The minimum absolute atomic E-state index is 0.305. The van der Waals surface area contributed by atoms with Gasteiger partial charge in [0.05, 0.1) is 4.88 Å². The highest BCUT2D eigenvalue weighted by atomic mass is 32.1. The summed E-state index contributed by atoms with van der Waals surface area (Å²) >= 11 is 0.647. The molecule has 0 aromatic carbocycles. The normalized spacial score (nSPS) is 12.3. The number of carbonyl (C=O) groups is 2. The van der Waals surface area contributed by atoms with Crippen LogP contribution in [0.3, 0.4) is 0 Å². The number of alkyl halides is 6. The smallest absolute Gasteiger partial charge is 0.413 e. The molecule has 0 radical (unpaired) electrons. The van der Waals surface area contributed by atoms with Gasteiger partial charge in [0.2, 0.25) is 0 Å². The molecule has 0 aliphatic carbocycles. The van der Waals surface area contributed by atoms with Gasteiger partial charge in [-0.1, -0.05) is 6.07 Å². The number of hydrogen-bond acceptors (Lipinski definition) is 5. The lowest BCUT2D eigenvalue weighted by Crippen LogP contribution is -2.32. The second-order valence-electron chi connectivity index (χ2n) is 3.15. The molecule has 1 heterocycles. The maximum atomic E-state index is 12.0. The largest absolute Gasteiger partial charge is 0.491 e. The van der Waals surface area contributed by atoms with E-state index in [1.165, 1.54) is 11.4 Å². The summed E-state index contributed by atoms with van der Waals surface area (Å²) in [6.07, 6.45) is -13.3. The Morgan fingerprint density at radius 3 is 1.75 bits per heavy atom. The molecule has 0 spiro atoms. The van der Waals surface area contributed by atoms with Gasteiger partial charge in [-0.05, 0) is 11.4 Å². The zero-order valence-corrected chi connectivity index (χ0v) is 9.93. The summed E-state index contributed by atoms with van der Waals surface area (Å²) in [5, 5.41) is 1.28. The first-order valence-electron chi connectivity index (χ1n) is 4.61. The molecule has 1 aromatic heterocycles. The highest BCUT2D eigenvalue weighted by molar-refractivity contribution is 7.10. The van der Waals surface area contributed by atoms with E-state index in [2.05, 4.69) is 9.47 Å². The summed E-state index contributed by atoms with van der Waals surface area (Å²) in [5.74, 6) is -5.54. The van der Waals surface area contributed by atoms with E-state index in [9.17, 15) is 35.9 Å². The van der Waals surface area contributed by atoms with Crippen LogP contribution in [0, 0.1) is 0 Å². The summed E-state index contributed by atoms with van der Waals surface area (Å²) in [4.78, 5) is 20.9. The SMILES string of the molecule is O=C(OC(OC(=O)C(F)(F)F)c1cccs1)C(F)(F)F. The average Bonchev–Trinajstić information content (AvgIpc) is 2.78. The fourth-order valence-corrected chi connectivity index (χ4v) is 1.57. The van der Waals surface area contributed by atoms with E-state index in [1.54, 1.807) is 0 Å². The second-order valence-corrected chi connectivity index (χ2v) is 4.13. The number of halogens is 6. The lowest BCUT2D eigenvalue weighted by Gasteiger charge is -2.18. The number of hydrogen-bond donors (Lipinski definition) is 0. The van der Waals surface area contributed by atoms with E-state index >= 15 is 0 Å². The van der Waals surface area contributed by atoms with Crippen LogP contribution in [0.4, 0.5) is 26.3 Å². The van der Waals surface area contributed by atoms with Crippen molar-refractivity contribution in [3.05, 3.63) is 22.4 Å². The minimum atomic E-state index is -5.43. The molecule has 4 nitrogen and oxygen atoms in total. The van der Waals surface area contributed by atoms with Crippen LogP contribution in [0.5, 0.6) is 0 Å². The molecule has 1 aromatic rings. The summed E-state index contributed by atoms with van der Waals surface area (Å²) in [7, 11) is 0. The third kappa shape index (κ3) is 4.40. The first-order chi connectivity index (χ1) is 9.01. The van der Waals surface area contributed by atoms with E-state index in [1.807, 2.05) is 0 Å². The molecule has 11 heteroatoms. The number of thiophene rings is 1. The third-order valence-electron chi connectivity index (χ3n) is 1.67. The van der Waals surface area contributed by atoms with Crippen LogP contribution < -0.4 is 0 Å². The Morgan fingerprint density at radius 1 is 1.00 bits per heavy atom. The topological polar surface area (TPSA) is 52.6 Å². The highest BCUT2D eigenvalue weighted by Crippen LogP contribution is 2.30. The lowest BCUT2D eigenvalue weighted by atomic mass is 10.4. The van der Waals surface area contributed by atoms with Gasteiger partial charge >= 0.3 is 24.3 Å². The lowest BCUT2D eigenvalue weighted by molar-refractivity contribution is -0.242. The van der Waals surface area contributed by atoms with Gasteiger partial charge in [-0.15, -0.1) is 11.3 Å². The Morgan fingerprint density at radius 2 is 1.45 bits per heavy atom. The van der Waals surface area contributed by atoms with E-state index in [-0.39, 0.29) is 4.88 Å². The van der Waals surface area contributed by atoms with Crippen molar-refractivity contribution in [3.8, 4) is 0 Å². The molecular weight excluding hydrogens is 318 g/mol. The first-order valence-corrected chi connectivity index (χ1v) is 5.49. The van der Waals surface area contributed by atoms with Gasteiger partial charge in [0, 0.05) is 0 Å². The van der Waals surface area contributed by atoms with Crippen LogP contribution in [0.2, 0.25) is 0 Å². The van der Waals surface area contributed by atoms with E-state index in [0.29, 0.717) is 11.3 Å². The highest BCUT2D eigenvalue weighted by Gasteiger charge is 2.46. The van der Waals surface area contributed by atoms with Gasteiger partial charge in [-0.2, -0.15) is 26.3 Å². The Labute approximate surface area is 110 Å². The molecule has 0 amide bonds. The van der Waals surface area contributed by atoms with Crippen molar-refractivity contribution in [1.29, 1.82) is 0 Å². The number of ether oxygens (including phenoxy) is 2. The standard InChI is InChI=1S/C9H4F6O4S/c10-8(11,12)6(16)18-5(4-2-1-3-20-4)19-7(17)9(13,14)15/h1-3,5H. The molecule has 0 aliphatic rings. The maximum absolute atomic E-state index is 12.0. The molecule has 0 N–H and O–H groups in total. The number of rotatable bonds is 3. The van der Waals surface area contributed by atoms with Gasteiger partial charge in [0.25, 0.3) is 6.29 Å². The van der Waals surface area contributed by atoms with Gasteiger partial charge in [0.15, 0.2) is 0 Å². The van der Waals surface area contributed by atoms with Gasteiger partial charge in [-0.3, -0.25) is 0 Å². The van der Waals surface area contributed by atoms with Crippen molar-refractivity contribution in [2.24, 2.45) is 0 Å². The summed E-state index contributed by atoms with van der Waals surface area (Å²) in [5.41, 5.74) is 0. The van der Waals surface area contributed by atoms with Crippen LogP contribution in [-0.4, -0.2) is 24.3 Å². The molecule has 0 aliphatic heterocycles. The predicted octanol–water partition coefficient (Wildman–Crippen LogP) is 2.96. The van der Waals surface area contributed by atoms with Gasteiger partial charge < -0.3 is 9.47 Å². The van der Waals surface area contributed by atoms with Crippen LogP contribution in [0.15, 0.2) is 17.5 Å². The monoisotopic (exact) mass is 322 g/mol. The molecule has 112 valence electrons. The predicted molar refractivity (Wildman–Crippen MR) is 51.4 cm³/mol. The molecule has 0 saturated carbocycles. The van der Waals surface area contributed by atoms with Crippen LogP contribution in [0.25, 0.3) is 0 Å². The Kier molecular flexibility index (Phi) is 4.63. The second kappa shape index (κ2) is 5.69. The molecule has 1 rings (SSSR count). The van der Waals surface area contributed by atoms with Crippen molar-refractivity contribution in [3.63, 3.8) is 0 Å². The Balaban J connectivity index is 2.88. The first kappa shape index (κ1) is 16.3. The molecule has 20 heavy (non-hydrogen) atoms. The minimum Gasteiger partial charge on any atom is -0.413 e. The zero-order chi connectivity index (χ0) is 15.6. The van der Waals surface area contributed by atoms with Crippen LogP contribution >= 0.6 is 11.3 Å². The summed E-state index contributed by atoms with van der Waals surface area (Å²) < 4.78 is 79.4. The molecule has 0 unspecified atom stereocenters. The van der Waals surface area contributed by atoms with Gasteiger partial charge in [0.1, 0.15) is 0 Å². The Hall–Kier alpha value is -1.78. The number of carbonyl (C=O) groups excluding carboxylic acids is 2. The van der Waals surface area contributed by atoms with Crippen molar-refractivity contribution < 1.29 is 45.4 Å². The van der Waals surface area contributed by atoms with Crippen LogP contribution in [0.1, 0.15) is 11.2 Å². The van der Waals surface area contributed by atoms with E-state index in [0.717, 1.165) is 6.07 Å². The fraction of sp³-hybridized carbons (Fsp3) is 0.333. The molecule has 0 fully saturated rings. The van der Waals surface area contributed by atoms with Crippen LogP contribution in [-0.2, 0) is 19.1 Å². The van der Waals surface area contributed by atoms with Crippen molar-refractivity contribution in [2.75, 3.05) is 0 Å². The van der Waals surface area contributed by atoms with Crippen molar-refractivity contribution in [1.82, 2.24) is 0 Å². The molecular formula is C9H4F6O4S. The molecule has 0 saturated heterocycles. The third-order valence-corrected chi connectivity index (χ3v) is 2.56. The molecule has 0 bridgehead atoms. The Bertz CT molecular complexity index is 450. The molecule has 0 atom stereocenters. The van der Waals surface area contributed by atoms with E-state index in [4.69, 9.17) is 0 Å². The summed E-state index contributed by atoms with van der Waals surface area (Å²) in [6.45, 7) is 0. The quantitative estimate of drug-likeness (QED) is 0.488. The zero-order valence-electron chi connectivity index (χ0n) is 9.12.